The first-order valence-electron chi connectivity index (χ1n) is 7.88. The van der Waals surface area contributed by atoms with Crippen molar-refractivity contribution in [3.05, 3.63) is 0 Å². The second-order valence-corrected chi connectivity index (χ2v) is 8.09. The zero-order chi connectivity index (χ0) is 16.3. The smallest absolute Gasteiger partial charge is 0.308 e. The molecule has 2 heterocycles. The van der Waals surface area contributed by atoms with Crippen LogP contribution in [0.4, 0.5) is 0 Å². The van der Waals surface area contributed by atoms with Gasteiger partial charge in [-0.05, 0) is 32.1 Å². The molecule has 1 amide bonds. The van der Waals surface area contributed by atoms with Crippen molar-refractivity contribution in [2.75, 3.05) is 25.4 Å². The van der Waals surface area contributed by atoms with Crippen molar-refractivity contribution >= 4 is 21.9 Å². The summed E-state index contributed by atoms with van der Waals surface area (Å²) >= 11 is 0. The number of carbonyl (C=O) groups excluding carboxylic acids is 1. The number of amides is 1. The second kappa shape index (κ2) is 6.95. The molecular weight excluding hydrogens is 308 g/mol. The van der Waals surface area contributed by atoms with Crippen molar-refractivity contribution in [1.29, 1.82) is 0 Å². The van der Waals surface area contributed by atoms with Gasteiger partial charge in [0, 0.05) is 19.6 Å². The molecule has 0 saturated carbocycles. The Hall–Kier alpha value is -1.15. The van der Waals surface area contributed by atoms with E-state index in [0.29, 0.717) is 45.2 Å². The summed E-state index contributed by atoms with van der Waals surface area (Å²) in [6.07, 6.45) is 2.94. The molecular formula is C14H24N2O5S. The number of carboxylic acid groups (broad SMARTS) is 1. The first kappa shape index (κ1) is 17.2. The molecule has 0 aliphatic carbocycles. The maximum Gasteiger partial charge on any atom is 0.308 e. The van der Waals surface area contributed by atoms with Crippen molar-refractivity contribution in [3.8, 4) is 0 Å². The van der Waals surface area contributed by atoms with Crippen molar-refractivity contribution in [2.45, 2.75) is 45.1 Å². The summed E-state index contributed by atoms with van der Waals surface area (Å²) in [7, 11) is -3.40. The number of sulfonamides is 1. The van der Waals surface area contributed by atoms with Crippen molar-refractivity contribution < 1.29 is 23.1 Å². The van der Waals surface area contributed by atoms with Crippen molar-refractivity contribution in [2.24, 2.45) is 5.92 Å². The van der Waals surface area contributed by atoms with Crippen LogP contribution in [0.5, 0.6) is 0 Å². The Morgan fingerprint density at radius 3 is 2.50 bits per heavy atom. The molecule has 2 fully saturated rings. The van der Waals surface area contributed by atoms with E-state index < -0.39 is 28.0 Å². The standard InChI is InChI=1S/C14H24N2O5S/c1-2-9-22(20,21)16-8-4-6-12(16)13(17)15-7-3-5-11(10-15)14(18)19/h11-12H,2-10H2,1H3,(H,18,19). The Morgan fingerprint density at radius 1 is 1.18 bits per heavy atom. The van der Waals surface area contributed by atoms with Gasteiger partial charge in [0.15, 0.2) is 0 Å². The van der Waals surface area contributed by atoms with Crippen LogP contribution in [0.25, 0.3) is 0 Å². The highest BCUT2D eigenvalue weighted by atomic mass is 32.2. The molecule has 0 aromatic rings. The van der Waals surface area contributed by atoms with Crippen LogP contribution in [0.2, 0.25) is 0 Å². The molecule has 126 valence electrons. The molecule has 2 rings (SSSR count). The average Bonchev–Trinajstić information content (AvgIpc) is 2.97. The number of rotatable bonds is 5. The van der Waals surface area contributed by atoms with Crippen LogP contribution in [0.15, 0.2) is 0 Å². The van der Waals surface area contributed by atoms with Crippen LogP contribution in [0.3, 0.4) is 0 Å². The van der Waals surface area contributed by atoms with Crippen LogP contribution in [0.1, 0.15) is 39.0 Å². The molecule has 22 heavy (non-hydrogen) atoms. The fourth-order valence-electron chi connectivity index (χ4n) is 3.28. The Morgan fingerprint density at radius 2 is 1.86 bits per heavy atom. The third-order valence-electron chi connectivity index (χ3n) is 4.39. The minimum Gasteiger partial charge on any atom is -0.481 e. The van der Waals surface area contributed by atoms with E-state index in [4.69, 9.17) is 5.11 Å². The van der Waals surface area contributed by atoms with E-state index in [-0.39, 0.29) is 18.2 Å². The van der Waals surface area contributed by atoms with Gasteiger partial charge in [0.25, 0.3) is 0 Å². The van der Waals surface area contributed by atoms with Gasteiger partial charge in [-0.3, -0.25) is 9.59 Å². The van der Waals surface area contributed by atoms with Gasteiger partial charge in [-0.2, -0.15) is 4.31 Å². The molecule has 2 unspecified atom stereocenters. The monoisotopic (exact) mass is 332 g/mol. The minimum atomic E-state index is -3.40. The van der Waals surface area contributed by atoms with E-state index in [2.05, 4.69) is 0 Å². The topological polar surface area (TPSA) is 95.0 Å². The normalized spacial score (nSPS) is 27.0. The Kier molecular flexibility index (Phi) is 5.44. The van der Waals surface area contributed by atoms with Crippen LogP contribution >= 0.6 is 0 Å². The molecule has 0 aromatic heterocycles. The van der Waals surface area contributed by atoms with Gasteiger partial charge in [0.2, 0.25) is 15.9 Å². The summed E-state index contributed by atoms with van der Waals surface area (Å²) in [6, 6.07) is -0.649. The SMILES string of the molecule is CCCS(=O)(=O)N1CCCC1C(=O)N1CCCC(C(=O)O)C1. The Labute approximate surface area is 131 Å². The summed E-state index contributed by atoms with van der Waals surface area (Å²) < 4.78 is 25.9. The van der Waals surface area contributed by atoms with Gasteiger partial charge in [-0.25, -0.2) is 8.42 Å². The molecule has 0 aromatic carbocycles. The molecule has 2 atom stereocenters. The van der Waals surface area contributed by atoms with E-state index in [1.165, 1.54) is 9.21 Å². The molecule has 1 N–H and O–H groups in total. The molecule has 2 saturated heterocycles. The van der Waals surface area contributed by atoms with Gasteiger partial charge in [0.1, 0.15) is 6.04 Å². The van der Waals surface area contributed by atoms with Gasteiger partial charge in [-0.1, -0.05) is 6.92 Å². The minimum absolute atomic E-state index is 0.0501. The highest BCUT2D eigenvalue weighted by Crippen LogP contribution is 2.26. The molecule has 7 nitrogen and oxygen atoms in total. The third kappa shape index (κ3) is 3.60. The number of carbonyl (C=O) groups is 2. The summed E-state index contributed by atoms with van der Waals surface area (Å²) in [4.78, 5) is 25.3. The van der Waals surface area contributed by atoms with E-state index in [9.17, 15) is 18.0 Å². The lowest BCUT2D eigenvalue weighted by atomic mass is 9.97. The van der Waals surface area contributed by atoms with Gasteiger partial charge in [0.05, 0.1) is 11.7 Å². The highest BCUT2D eigenvalue weighted by Gasteiger charge is 2.41. The summed E-state index contributed by atoms with van der Waals surface area (Å²) in [5, 5.41) is 9.11. The lowest BCUT2D eigenvalue weighted by Crippen LogP contribution is -2.51. The van der Waals surface area contributed by atoms with Crippen LogP contribution < -0.4 is 0 Å². The third-order valence-corrected chi connectivity index (χ3v) is 6.47. The van der Waals surface area contributed by atoms with E-state index in [1.54, 1.807) is 6.92 Å². The number of nitrogens with zero attached hydrogens (tertiary/aromatic N) is 2. The first-order valence-corrected chi connectivity index (χ1v) is 9.49. The number of carboxylic acids is 1. The zero-order valence-corrected chi connectivity index (χ0v) is 13.7. The number of piperidine rings is 1. The summed E-state index contributed by atoms with van der Waals surface area (Å²) in [5.74, 6) is -1.61. The van der Waals surface area contributed by atoms with Crippen molar-refractivity contribution in [3.63, 3.8) is 0 Å². The number of hydrogen-bond donors (Lipinski definition) is 1. The molecule has 8 heteroatoms. The van der Waals surface area contributed by atoms with Crippen LogP contribution in [-0.4, -0.2) is 66.0 Å². The van der Waals surface area contributed by atoms with Gasteiger partial charge >= 0.3 is 5.97 Å². The predicted octanol–water partition coefficient (Wildman–Crippen LogP) is 0.514. The summed E-state index contributed by atoms with van der Waals surface area (Å²) in [5.41, 5.74) is 0. The van der Waals surface area contributed by atoms with Crippen LogP contribution in [-0.2, 0) is 19.6 Å². The van der Waals surface area contributed by atoms with Crippen molar-refractivity contribution in [1.82, 2.24) is 9.21 Å². The molecule has 0 bridgehead atoms. The summed E-state index contributed by atoms with van der Waals surface area (Å²) in [6.45, 7) is 2.88. The number of likely N-dealkylation sites (tertiary alicyclic amines) is 1. The van der Waals surface area contributed by atoms with Gasteiger partial charge < -0.3 is 10.0 Å². The fraction of sp³-hybridized carbons (Fsp3) is 0.857. The highest BCUT2D eigenvalue weighted by molar-refractivity contribution is 7.89. The maximum atomic E-state index is 12.7. The van der Waals surface area contributed by atoms with E-state index in [0.717, 1.165) is 0 Å². The Balaban J connectivity index is 2.09. The molecule has 2 aliphatic heterocycles. The quantitative estimate of drug-likeness (QED) is 0.792. The lowest BCUT2D eigenvalue weighted by Gasteiger charge is -2.34. The van der Waals surface area contributed by atoms with Crippen LogP contribution in [0, 0.1) is 5.92 Å². The molecule has 0 radical (unpaired) electrons. The largest absolute Gasteiger partial charge is 0.481 e. The Bertz CT molecular complexity index is 533. The lowest BCUT2D eigenvalue weighted by molar-refractivity contribution is -0.146. The van der Waals surface area contributed by atoms with Gasteiger partial charge in [-0.15, -0.1) is 0 Å². The molecule has 2 aliphatic rings. The zero-order valence-electron chi connectivity index (χ0n) is 12.9. The fourth-order valence-corrected chi connectivity index (χ4v) is 5.03. The first-order chi connectivity index (χ1) is 10.4. The van der Waals surface area contributed by atoms with E-state index in [1.807, 2.05) is 0 Å². The average molecular weight is 332 g/mol. The number of hydrogen-bond acceptors (Lipinski definition) is 4. The predicted molar refractivity (Wildman–Crippen MR) is 80.7 cm³/mol. The molecule has 0 spiro atoms. The second-order valence-electron chi connectivity index (χ2n) is 6.05. The van der Waals surface area contributed by atoms with E-state index >= 15 is 0 Å². The number of aliphatic carboxylic acids is 1. The maximum absolute atomic E-state index is 12.7.